The predicted molar refractivity (Wildman–Crippen MR) is 63.6 cm³/mol. The summed E-state index contributed by atoms with van der Waals surface area (Å²) in [5, 5.41) is 0. The molecule has 1 aromatic carbocycles. The normalized spacial score (nSPS) is 16.9. The van der Waals surface area contributed by atoms with E-state index in [4.69, 9.17) is 15.2 Å². The lowest BCUT2D eigenvalue weighted by Gasteiger charge is -2.18. The monoisotopic (exact) mass is 239 g/mol. The third-order valence-corrected chi connectivity index (χ3v) is 3.43. The molecule has 2 N–H and O–H groups in total. The second-order valence-corrected chi connectivity index (χ2v) is 4.58. The van der Waals surface area contributed by atoms with Crippen molar-refractivity contribution in [2.24, 2.45) is 5.73 Å². The fourth-order valence-corrected chi connectivity index (χ4v) is 2.24. The van der Waals surface area contributed by atoms with Gasteiger partial charge in [-0.1, -0.05) is 0 Å². The number of halogens is 1. The second kappa shape index (κ2) is 4.63. The summed E-state index contributed by atoms with van der Waals surface area (Å²) in [6, 6.07) is 3.41. The predicted octanol–water partition coefficient (Wildman–Crippen LogP) is 1.97. The smallest absolute Gasteiger partial charge is 0.165 e. The Morgan fingerprint density at radius 1 is 1.35 bits per heavy atom. The van der Waals surface area contributed by atoms with E-state index in [0.717, 1.165) is 24.0 Å². The molecule has 3 nitrogen and oxygen atoms in total. The quantitative estimate of drug-likeness (QED) is 0.854. The van der Waals surface area contributed by atoms with E-state index in [1.54, 1.807) is 7.11 Å². The minimum atomic E-state index is -0.336. The molecule has 0 amide bonds. The van der Waals surface area contributed by atoms with Crippen LogP contribution in [0.2, 0.25) is 0 Å². The number of ether oxygens (including phenoxy) is 2. The Morgan fingerprint density at radius 2 is 2.06 bits per heavy atom. The summed E-state index contributed by atoms with van der Waals surface area (Å²) < 4.78 is 24.1. The third-order valence-electron chi connectivity index (χ3n) is 3.43. The van der Waals surface area contributed by atoms with Crippen LogP contribution in [0.1, 0.15) is 24.0 Å². The Labute approximate surface area is 101 Å². The molecule has 0 aliphatic heterocycles. The van der Waals surface area contributed by atoms with Gasteiger partial charge in [0.15, 0.2) is 11.6 Å². The number of benzene rings is 1. The van der Waals surface area contributed by atoms with Gasteiger partial charge in [0, 0.05) is 24.6 Å². The molecule has 0 heterocycles. The lowest BCUT2D eigenvalue weighted by atomic mass is 9.93. The van der Waals surface area contributed by atoms with Crippen molar-refractivity contribution in [3.63, 3.8) is 0 Å². The largest absolute Gasteiger partial charge is 0.493 e. The first kappa shape index (κ1) is 12.3. The molecule has 17 heavy (non-hydrogen) atoms. The van der Waals surface area contributed by atoms with Gasteiger partial charge in [0.2, 0.25) is 0 Å². The zero-order chi connectivity index (χ0) is 12.5. The van der Waals surface area contributed by atoms with E-state index in [0.29, 0.717) is 18.9 Å². The molecule has 1 aliphatic rings. The van der Waals surface area contributed by atoms with E-state index in [9.17, 15) is 4.39 Å². The summed E-state index contributed by atoms with van der Waals surface area (Å²) in [6.07, 6.45) is 1.99. The van der Waals surface area contributed by atoms with E-state index >= 15 is 0 Å². The first-order valence-corrected chi connectivity index (χ1v) is 5.73. The molecule has 1 aliphatic carbocycles. The Balaban J connectivity index is 2.47. The summed E-state index contributed by atoms with van der Waals surface area (Å²) in [6.45, 7) is 0.924. The third kappa shape index (κ3) is 2.15. The van der Waals surface area contributed by atoms with Crippen LogP contribution in [0, 0.1) is 5.82 Å². The molecular weight excluding hydrogens is 221 g/mol. The highest BCUT2D eigenvalue weighted by molar-refractivity contribution is 5.47. The van der Waals surface area contributed by atoms with E-state index < -0.39 is 0 Å². The van der Waals surface area contributed by atoms with Gasteiger partial charge >= 0.3 is 0 Å². The fraction of sp³-hybridized carbons (Fsp3) is 0.538. The minimum Gasteiger partial charge on any atom is -0.493 e. The van der Waals surface area contributed by atoms with Gasteiger partial charge < -0.3 is 15.2 Å². The van der Waals surface area contributed by atoms with Crippen LogP contribution in [-0.2, 0) is 16.8 Å². The highest BCUT2D eigenvalue weighted by Gasteiger charge is 2.45. The van der Waals surface area contributed by atoms with Gasteiger partial charge in [0.25, 0.3) is 0 Å². The summed E-state index contributed by atoms with van der Waals surface area (Å²) in [4.78, 5) is 0. The molecule has 0 atom stereocenters. The number of rotatable bonds is 5. The molecule has 0 saturated heterocycles. The molecule has 1 saturated carbocycles. The maximum atomic E-state index is 13.9. The highest BCUT2D eigenvalue weighted by Crippen LogP contribution is 2.51. The van der Waals surface area contributed by atoms with Crippen molar-refractivity contribution in [2.75, 3.05) is 20.8 Å². The van der Waals surface area contributed by atoms with Crippen LogP contribution in [0.4, 0.5) is 4.39 Å². The van der Waals surface area contributed by atoms with Crippen LogP contribution in [0.5, 0.6) is 5.75 Å². The van der Waals surface area contributed by atoms with Crippen molar-refractivity contribution in [3.05, 3.63) is 29.1 Å². The van der Waals surface area contributed by atoms with Crippen molar-refractivity contribution in [3.8, 4) is 5.75 Å². The average molecular weight is 239 g/mol. The van der Waals surface area contributed by atoms with Crippen molar-refractivity contribution in [2.45, 2.75) is 24.9 Å². The van der Waals surface area contributed by atoms with Crippen LogP contribution >= 0.6 is 0 Å². The standard InChI is InChI=1S/C13H18FNO2/c1-16-7-9-5-10(13(8-15)3-4-13)12(17-2)11(14)6-9/h5-6H,3-4,7-8,15H2,1-2H3. The number of nitrogens with two attached hydrogens (primary N) is 1. The van der Waals surface area contributed by atoms with Crippen molar-refractivity contribution in [1.82, 2.24) is 0 Å². The van der Waals surface area contributed by atoms with Crippen molar-refractivity contribution >= 4 is 0 Å². The van der Waals surface area contributed by atoms with E-state index in [1.165, 1.54) is 13.2 Å². The lowest BCUT2D eigenvalue weighted by molar-refractivity contribution is 0.184. The van der Waals surface area contributed by atoms with Crippen molar-refractivity contribution in [1.29, 1.82) is 0 Å². The zero-order valence-electron chi connectivity index (χ0n) is 10.3. The van der Waals surface area contributed by atoms with Crippen molar-refractivity contribution < 1.29 is 13.9 Å². The van der Waals surface area contributed by atoms with Gasteiger partial charge in [-0.3, -0.25) is 0 Å². The summed E-state index contributed by atoms with van der Waals surface area (Å²) in [7, 11) is 3.09. The Kier molecular flexibility index (Phi) is 3.35. The molecule has 0 bridgehead atoms. The Morgan fingerprint density at radius 3 is 2.53 bits per heavy atom. The highest BCUT2D eigenvalue weighted by atomic mass is 19.1. The fourth-order valence-electron chi connectivity index (χ4n) is 2.24. The first-order chi connectivity index (χ1) is 8.16. The van der Waals surface area contributed by atoms with Gasteiger partial charge in [-0.05, 0) is 30.5 Å². The number of hydrogen-bond donors (Lipinski definition) is 1. The molecule has 2 rings (SSSR count). The molecule has 0 unspecified atom stereocenters. The molecule has 0 aromatic heterocycles. The van der Waals surface area contributed by atoms with E-state index in [2.05, 4.69) is 0 Å². The molecule has 0 radical (unpaired) electrons. The van der Waals surface area contributed by atoms with E-state index in [1.807, 2.05) is 6.07 Å². The average Bonchev–Trinajstić information content (AvgIpc) is 3.09. The Bertz CT molecular complexity index is 416. The van der Waals surface area contributed by atoms with Gasteiger partial charge in [-0.25, -0.2) is 4.39 Å². The molecule has 0 spiro atoms. The zero-order valence-corrected chi connectivity index (χ0v) is 10.3. The molecule has 4 heteroatoms. The van der Waals surface area contributed by atoms with Crippen LogP contribution in [0.15, 0.2) is 12.1 Å². The maximum Gasteiger partial charge on any atom is 0.165 e. The summed E-state index contributed by atoms with van der Waals surface area (Å²) >= 11 is 0. The lowest BCUT2D eigenvalue weighted by Crippen LogP contribution is -2.21. The van der Waals surface area contributed by atoms with Crippen LogP contribution in [0.25, 0.3) is 0 Å². The topological polar surface area (TPSA) is 44.5 Å². The van der Waals surface area contributed by atoms with Crippen LogP contribution < -0.4 is 10.5 Å². The first-order valence-electron chi connectivity index (χ1n) is 5.73. The maximum absolute atomic E-state index is 13.9. The van der Waals surface area contributed by atoms with E-state index in [-0.39, 0.29) is 11.2 Å². The molecular formula is C13H18FNO2. The van der Waals surface area contributed by atoms with Gasteiger partial charge in [-0.15, -0.1) is 0 Å². The number of methoxy groups -OCH3 is 2. The molecule has 1 fully saturated rings. The van der Waals surface area contributed by atoms with Gasteiger partial charge in [0.1, 0.15) is 0 Å². The van der Waals surface area contributed by atoms with Crippen LogP contribution in [-0.4, -0.2) is 20.8 Å². The van der Waals surface area contributed by atoms with Crippen LogP contribution in [0.3, 0.4) is 0 Å². The summed E-state index contributed by atoms with van der Waals surface area (Å²) in [5.74, 6) is -0.00965. The second-order valence-electron chi connectivity index (χ2n) is 4.58. The summed E-state index contributed by atoms with van der Waals surface area (Å²) in [5.41, 5.74) is 7.41. The molecule has 1 aromatic rings. The van der Waals surface area contributed by atoms with Gasteiger partial charge in [-0.2, -0.15) is 0 Å². The Hall–Kier alpha value is -1.13. The number of hydrogen-bond acceptors (Lipinski definition) is 3. The van der Waals surface area contributed by atoms with Gasteiger partial charge in [0.05, 0.1) is 13.7 Å². The minimum absolute atomic E-state index is 0.0874. The molecule has 94 valence electrons. The SMILES string of the molecule is COCc1cc(F)c(OC)c(C2(CN)CC2)c1.